The van der Waals surface area contributed by atoms with Gasteiger partial charge in [0.15, 0.2) is 11.2 Å². The Bertz CT molecular complexity index is 992. The molecule has 2 heterocycles. The zero-order valence-electron chi connectivity index (χ0n) is 14.1. The van der Waals surface area contributed by atoms with Crippen molar-refractivity contribution in [3.05, 3.63) is 45.5 Å². The van der Waals surface area contributed by atoms with E-state index < -0.39 is 17.7 Å². The highest BCUT2D eigenvalue weighted by Gasteiger charge is 2.35. The second kappa shape index (κ2) is 6.75. The molecule has 0 saturated carbocycles. The first-order valence-corrected chi connectivity index (χ1v) is 8.33. The third-order valence-electron chi connectivity index (χ3n) is 4.25. The number of H-pyrrole nitrogens is 1. The number of halogens is 4. The maximum Gasteiger partial charge on any atom is 0.391 e. The molecule has 0 aliphatic rings. The summed E-state index contributed by atoms with van der Waals surface area (Å²) in [6.07, 6.45) is -4.40. The Balaban J connectivity index is 1.97. The van der Waals surface area contributed by atoms with Crippen LogP contribution in [0.5, 0.6) is 0 Å². The molecule has 0 spiro atoms. The summed E-state index contributed by atoms with van der Waals surface area (Å²) in [6.45, 7) is 1.11. The van der Waals surface area contributed by atoms with Gasteiger partial charge in [0.1, 0.15) is 11.6 Å². The Labute approximate surface area is 151 Å². The van der Waals surface area contributed by atoms with Crippen LogP contribution in [0.3, 0.4) is 0 Å². The molecule has 1 unspecified atom stereocenters. The monoisotopic (exact) mass is 384 g/mol. The number of benzene rings is 1. The van der Waals surface area contributed by atoms with E-state index in [-0.39, 0.29) is 24.2 Å². The van der Waals surface area contributed by atoms with Gasteiger partial charge in [0.05, 0.1) is 5.92 Å². The summed E-state index contributed by atoms with van der Waals surface area (Å²) >= 11 is 5.88. The Hall–Kier alpha value is -2.35. The Morgan fingerprint density at radius 3 is 2.50 bits per heavy atom. The van der Waals surface area contributed by atoms with E-state index in [1.165, 1.54) is 0 Å². The van der Waals surface area contributed by atoms with Crippen molar-refractivity contribution in [1.29, 1.82) is 0 Å². The van der Waals surface area contributed by atoms with Gasteiger partial charge in [-0.05, 0) is 30.7 Å². The van der Waals surface area contributed by atoms with E-state index in [2.05, 4.69) is 15.0 Å². The second-order valence-corrected chi connectivity index (χ2v) is 6.60. The van der Waals surface area contributed by atoms with Crippen LogP contribution in [0.25, 0.3) is 22.6 Å². The number of alkyl halides is 3. The maximum atomic E-state index is 12.7. The molecule has 1 N–H and O–H groups in total. The van der Waals surface area contributed by atoms with Crippen LogP contribution in [0.2, 0.25) is 5.02 Å². The standard InChI is InChI=1S/C17H16ClF3N4O/c1-9(17(19,20)21)3-8-12-22-15-13(16(26)23-12)24-14(25(15)2)10-4-6-11(18)7-5-10/h4-7,9H,3,8H2,1-2H3,(H,22,23,26). The molecule has 0 bridgehead atoms. The van der Waals surface area contributed by atoms with Crippen molar-refractivity contribution in [2.24, 2.45) is 13.0 Å². The first-order valence-electron chi connectivity index (χ1n) is 7.95. The van der Waals surface area contributed by atoms with Crippen LogP contribution in [-0.2, 0) is 13.5 Å². The van der Waals surface area contributed by atoms with E-state index in [4.69, 9.17) is 11.6 Å². The van der Waals surface area contributed by atoms with E-state index >= 15 is 0 Å². The summed E-state index contributed by atoms with van der Waals surface area (Å²) < 4.78 is 39.6. The summed E-state index contributed by atoms with van der Waals surface area (Å²) in [4.78, 5) is 23.4. The zero-order valence-corrected chi connectivity index (χ0v) is 14.8. The molecule has 9 heteroatoms. The Morgan fingerprint density at radius 1 is 1.23 bits per heavy atom. The van der Waals surface area contributed by atoms with Crippen molar-refractivity contribution in [2.75, 3.05) is 0 Å². The van der Waals surface area contributed by atoms with Gasteiger partial charge in [-0.3, -0.25) is 4.79 Å². The number of nitrogens with one attached hydrogen (secondary N) is 1. The molecule has 0 aliphatic carbocycles. The van der Waals surface area contributed by atoms with Gasteiger partial charge in [-0.25, -0.2) is 9.97 Å². The number of aryl methyl sites for hydroxylation is 2. The first kappa shape index (κ1) is 18.4. The lowest BCUT2D eigenvalue weighted by Crippen LogP contribution is -2.21. The Morgan fingerprint density at radius 2 is 1.88 bits per heavy atom. The lowest BCUT2D eigenvalue weighted by Gasteiger charge is -2.14. The maximum absolute atomic E-state index is 12.7. The number of nitrogens with zero attached hydrogens (tertiary/aromatic N) is 3. The predicted molar refractivity (Wildman–Crippen MR) is 93.1 cm³/mol. The van der Waals surface area contributed by atoms with Gasteiger partial charge in [-0.1, -0.05) is 18.5 Å². The molecule has 0 aliphatic heterocycles. The normalized spacial score (nSPS) is 13.3. The molecule has 26 heavy (non-hydrogen) atoms. The van der Waals surface area contributed by atoms with Crippen molar-refractivity contribution >= 4 is 22.8 Å². The number of hydrogen-bond donors (Lipinski definition) is 1. The van der Waals surface area contributed by atoms with Crippen molar-refractivity contribution in [2.45, 2.75) is 25.9 Å². The highest BCUT2D eigenvalue weighted by molar-refractivity contribution is 6.30. The van der Waals surface area contributed by atoms with Gasteiger partial charge in [-0.2, -0.15) is 13.2 Å². The highest BCUT2D eigenvalue weighted by atomic mass is 35.5. The number of rotatable bonds is 4. The van der Waals surface area contributed by atoms with E-state index in [1.54, 1.807) is 35.9 Å². The summed E-state index contributed by atoms with van der Waals surface area (Å²) in [6, 6.07) is 6.95. The summed E-state index contributed by atoms with van der Waals surface area (Å²) in [7, 11) is 1.70. The molecule has 0 saturated heterocycles. The van der Waals surface area contributed by atoms with Crippen LogP contribution in [0.1, 0.15) is 19.2 Å². The van der Waals surface area contributed by atoms with Crippen LogP contribution in [0, 0.1) is 5.92 Å². The van der Waals surface area contributed by atoms with Gasteiger partial charge >= 0.3 is 6.18 Å². The van der Waals surface area contributed by atoms with Crippen LogP contribution in [0.15, 0.2) is 29.1 Å². The zero-order chi connectivity index (χ0) is 19.1. The van der Waals surface area contributed by atoms with Gasteiger partial charge in [0.25, 0.3) is 5.56 Å². The summed E-state index contributed by atoms with van der Waals surface area (Å²) in [5, 5.41) is 0.574. The van der Waals surface area contributed by atoms with Gasteiger partial charge in [0.2, 0.25) is 0 Å². The van der Waals surface area contributed by atoms with Gasteiger partial charge in [-0.15, -0.1) is 0 Å². The van der Waals surface area contributed by atoms with Crippen molar-refractivity contribution in [3.63, 3.8) is 0 Å². The first-order chi connectivity index (χ1) is 12.2. The predicted octanol–water partition coefficient (Wildman–Crippen LogP) is 4.11. The molecule has 138 valence electrons. The summed E-state index contributed by atoms with van der Waals surface area (Å²) in [5.74, 6) is -0.737. The van der Waals surface area contributed by atoms with Gasteiger partial charge in [0, 0.05) is 24.1 Å². The van der Waals surface area contributed by atoms with Crippen LogP contribution < -0.4 is 5.56 Å². The van der Waals surface area contributed by atoms with Gasteiger partial charge < -0.3 is 9.55 Å². The molecule has 0 fully saturated rings. The van der Waals surface area contributed by atoms with E-state index in [0.717, 1.165) is 12.5 Å². The third kappa shape index (κ3) is 3.60. The SMILES string of the molecule is CC(CCc1nc2c(nc(-c3ccc(Cl)cc3)n2C)c(=O)[nH]1)C(F)(F)F. The molecule has 0 radical (unpaired) electrons. The van der Waals surface area contributed by atoms with E-state index in [1.807, 2.05) is 0 Å². The highest BCUT2D eigenvalue weighted by Crippen LogP contribution is 2.29. The van der Waals surface area contributed by atoms with E-state index in [9.17, 15) is 18.0 Å². The molecule has 1 atom stereocenters. The molecule has 5 nitrogen and oxygen atoms in total. The minimum absolute atomic E-state index is 0.0211. The molecular weight excluding hydrogens is 369 g/mol. The third-order valence-corrected chi connectivity index (χ3v) is 4.51. The second-order valence-electron chi connectivity index (χ2n) is 6.17. The lowest BCUT2D eigenvalue weighted by atomic mass is 10.1. The molecule has 0 amide bonds. The molecule has 1 aromatic carbocycles. The van der Waals surface area contributed by atoms with Crippen LogP contribution in [0.4, 0.5) is 13.2 Å². The van der Waals surface area contributed by atoms with Crippen molar-refractivity contribution in [3.8, 4) is 11.4 Å². The van der Waals surface area contributed by atoms with Crippen molar-refractivity contribution in [1.82, 2.24) is 19.5 Å². The summed E-state index contributed by atoms with van der Waals surface area (Å²) in [5.41, 5.74) is 0.750. The van der Waals surface area contributed by atoms with Crippen molar-refractivity contribution < 1.29 is 13.2 Å². The molecule has 3 rings (SSSR count). The number of fused-ring (bicyclic) bond motifs is 1. The minimum atomic E-state index is -4.27. The van der Waals surface area contributed by atoms with Crippen LogP contribution in [-0.4, -0.2) is 25.7 Å². The number of hydrogen-bond acceptors (Lipinski definition) is 3. The fourth-order valence-corrected chi connectivity index (χ4v) is 2.73. The van der Waals surface area contributed by atoms with E-state index in [0.29, 0.717) is 16.5 Å². The fourth-order valence-electron chi connectivity index (χ4n) is 2.61. The quantitative estimate of drug-likeness (QED) is 0.736. The molecule has 3 aromatic rings. The number of aromatic amines is 1. The lowest BCUT2D eigenvalue weighted by molar-refractivity contribution is -0.171. The minimum Gasteiger partial charge on any atom is -0.312 e. The largest absolute Gasteiger partial charge is 0.391 e. The average Bonchev–Trinajstić information content (AvgIpc) is 2.90. The topological polar surface area (TPSA) is 63.6 Å². The number of imidazole rings is 1. The molecule has 2 aromatic heterocycles. The Kier molecular flexibility index (Phi) is 4.79. The molecular formula is C17H16ClF3N4O. The van der Waals surface area contributed by atoms with Crippen LogP contribution >= 0.6 is 11.6 Å². The average molecular weight is 385 g/mol. The number of aromatic nitrogens is 4. The fraction of sp³-hybridized carbons (Fsp3) is 0.353. The smallest absolute Gasteiger partial charge is 0.312 e.